The number of hydrogen-bond acceptors (Lipinski definition) is 7. The molecule has 4 atom stereocenters. The lowest BCUT2D eigenvalue weighted by atomic mass is 9.78. The van der Waals surface area contributed by atoms with E-state index in [-0.39, 0.29) is 6.10 Å². The van der Waals surface area contributed by atoms with Gasteiger partial charge in [-0.2, -0.15) is 0 Å². The molecule has 30 heavy (non-hydrogen) atoms. The summed E-state index contributed by atoms with van der Waals surface area (Å²) in [4.78, 5) is 9.30. The quantitative estimate of drug-likeness (QED) is 0.760. The first kappa shape index (κ1) is 20.1. The summed E-state index contributed by atoms with van der Waals surface area (Å²) in [5, 5.41) is 13.9. The molecule has 7 heteroatoms. The summed E-state index contributed by atoms with van der Waals surface area (Å²) in [6.07, 6.45) is 5.46. The second-order valence-corrected chi connectivity index (χ2v) is 9.78. The average molecular weight is 430 g/mol. The summed E-state index contributed by atoms with van der Waals surface area (Å²) in [6.45, 7) is 5.29. The molecule has 0 amide bonds. The van der Waals surface area contributed by atoms with E-state index in [4.69, 9.17) is 9.47 Å². The second kappa shape index (κ2) is 8.73. The first-order valence-corrected chi connectivity index (χ1v) is 12.0. The van der Waals surface area contributed by atoms with E-state index >= 15 is 0 Å². The van der Waals surface area contributed by atoms with E-state index < -0.39 is 6.10 Å². The number of anilines is 1. The topological polar surface area (TPSA) is 58.1 Å². The van der Waals surface area contributed by atoms with Crippen LogP contribution in [0.3, 0.4) is 0 Å². The molecule has 2 aromatic rings. The maximum Gasteiger partial charge on any atom is 0.185 e. The van der Waals surface area contributed by atoms with Crippen LogP contribution < -0.4 is 14.4 Å². The van der Waals surface area contributed by atoms with Gasteiger partial charge in [0, 0.05) is 31.2 Å². The number of aliphatic hydroxyl groups excluding tert-OH is 1. The van der Waals surface area contributed by atoms with Gasteiger partial charge in [0.15, 0.2) is 16.6 Å². The van der Waals surface area contributed by atoms with Crippen molar-refractivity contribution in [1.82, 2.24) is 9.88 Å². The Kier molecular flexibility index (Phi) is 5.85. The zero-order chi connectivity index (χ0) is 20.5. The minimum Gasteiger partial charge on any atom is -0.493 e. The molecular weight excluding hydrogens is 398 g/mol. The number of benzene rings is 1. The third-order valence-corrected chi connectivity index (χ3v) is 7.72. The fourth-order valence-corrected chi connectivity index (χ4v) is 5.98. The SMILES string of the molecule is COc1cc(CN2CCCC2)ccc1O[C@@H]1C[C@@H]2CN(c3nccs3)C[C@@H]2C[C@H]1O. The minimum absolute atomic E-state index is 0.194. The number of ether oxygens (including phenoxy) is 2. The maximum absolute atomic E-state index is 10.8. The van der Waals surface area contributed by atoms with Crippen LogP contribution in [-0.2, 0) is 6.54 Å². The molecule has 2 aliphatic heterocycles. The molecule has 162 valence electrons. The summed E-state index contributed by atoms with van der Waals surface area (Å²) in [7, 11) is 1.69. The molecule has 3 aliphatic rings. The van der Waals surface area contributed by atoms with E-state index in [1.165, 1.54) is 31.5 Å². The monoisotopic (exact) mass is 429 g/mol. The molecule has 3 fully saturated rings. The smallest absolute Gasteiger partial charge is 0.185 e. The highest BCUT2D eigenvalue weighted by Gasteiger charge is 2.43. The molecule has 1 aromatic carbocycles. The van der Waals surface area contributed by atoms with Crippen LogP contribution in [0.4, 0.5) is 5.13 Å². The van der Waals surface area contributed by atoms with Gasteiger partial charge in [-0.1, -0.05) is 6.07 Å². The fraction of sp³-hybridized carbons (Fsp3) is 0.609. The third kappa shape index (κ3) is 4.15. The Labute approximate surface area is 182 Å². The number of hydrogen-bond donors (Lipinski definition) is 1. The van der Waals surface area contributed by atoms with Crippen molar-refractivity contribution in [1.29, 1.82) is 0 Å². The first-order chi connectivity index (χ1) is 14.7. The summed E-state index contributed by atoms with van der Waals surface area (Å²) < 4.78 is 12.0. The lowest BCUT2D eigenvalue weighted by Crippen LogP contribution is -2.42. The molecule has 0 unspecified atom stereocenters. The van der Waals surface area contributed by atoms with Crippen LogP contribution in [0.2, 0.25) is 0 Å². The molecule has 0 spiro atoms. The van der Waals surface area contributed by atoms with Gasteiger partial charge in [0.2, 0.25) is 0 Å². The largest absolute Gasteiger partial charge is 0.493 e. The predicted molar refractivity (Wildman–Crippen MR) is 118 cm³/mol. The van der Waals surface area contributed by atoms with Gasteiger partial charge in [0.25, 0.3) is 0 Å². The van der Waals surface area contributed by atoms with Crippen molar-refractivity contribution >= 4 is 16.5 Å². The number of aliphatic hydroxyl groups is 1. The number of fused-ring (bicyclic) bond motifs is 1. The van der Waals surface area contributed by atoms with E-state index in [0.29, 0.717) is 11.8 Å². The highest BCUT2D eigenvalue weighted by Crippen LogP contribution is 2.41. The van der Waals surface area contributed by atoms with Crippen LogP contribution in [-0.4, -0.2) is 60.5 Å². The van der Waals surface area contributed by atoms with Crippen LogP contribution >= 0.6 is 11.3 Å². The lowest BCUT2D eigenvalue weighted by Gasteiger charge is -2.35. The van der Waals surface area contributed by atoms with Gasteiger partial charge in [0.1, 0.15) is 6.10 Å². The maximum atomic E-state index is 10.8. The summed E-state index contributed by atoms with van der Waals surface area (Å²) in [5.41, 5.74) is 1.25. The number of methoxy groups -OCH3 is 1. The van der Waals surface area contributed by atoms with E-state index in [9.17, 15) is 5.11 Å². The van der Waals surface area contributed by atoms with Crippen molar-refractivity contribution in [2.24, 2.45) is 11.8 Å². The Balaban J connectivity index is 1.25. The zero-order valence-electron chi connectivity index (χ0n) is 17.6. The van der Waals surface area contributed by atoms with Crippen LogP contribution in [0.5, 0.6) is 11.5 Å². The Morgan fingerprint density at radius 1 is 1.13 bits per heavy atom. The van der Waals surface area contributed by atoms with Gasteiger partial charge in [-0.25, -0.2) is 4.98 Å². The van der Waals surface area contributed by atoms with Crippen LogP contribution in [0.1, 0.15) is 31.2 Å². The summed E-state index contributed by atoms with van der Waals surface area (Å²) in [5.74, 6) is 2.54. The van der Waals surface area contributed by atoms with Crippen molar-refractivity contribution in [2.45, 2.75) is 44.4 Å². The number of likely N-dealkylation sites (tertiary alicyclic amines) is 1. The summed E-state index contributed by atoms with van der Waals surface area (Å²) in [6, 6.07) is 6.24. The molecule has 1 aliphatic carbocycles. The van der Waals surface area contributed by atoms with E-state index in [1.54, 1.807) is 18.4 Å². The molecule has 0 radical (unpaired) electrons. The highest BCUT2D eigenvalue weighted by molar-refractivity contribution is 7.13. The molecule has 2 saturated heterocycles. The average Bonchev–Trinajstić information content (AvgIpc) is 3.50. The first-order valence-electron chi connectivity index (χ1n) is 11.1. The van der Waals surface area contributed by atoms with Gasteiger partial charge < -0.3 is 19.5 Å². The Morgan fingerprint density at radius 3 is 2.67 bits per heavy atom. The normalized spacial score (nSPS) is 29.2. The zero-order valence-corrected chi connectivity index (χ0v) is 18.4. The van der Waals surface area contributed by atoms with Crippen molar-refractivity contribution in [3.63, 3.8) is 0 Å². The number of rotatable bonds is 6. The summed E-state index contributed by atoms with van der Waals surface area (Å²) >= 11 is 1.69. The molecule has 3 heterocycles. The molecule has 6 nitrogen and oxygen atoms in total. The third-order valence-electron chi connectivity index (χ3n) is 6.89. The van der Waals surface area contributed by atoms with Gasteiger partial charge in [-0.3, -0.25) is 4.90 Å². The Morgan fingerprint density at radius 2 is 1.93 bits per heavy atom. The molecule has 0 bridgehead atoms. The molecule has 1 aromatic heterocycles. The number of aromatic nitrogens is 1. The van der Waals surface area contributed by atoms with E-state index in [0.717, 1.165) is 49.1 Å². The molecule has 1 N–H and O–H groups in total. The fourth-order valence-electron chi connectivity index (χ4n) is 5.31. The Bertz CT molecular complexity index is 840. The van der Waals surface area contributed by atoms with Crippen LogP contribution in [0, 0.1) is 11.8 Å². The van der Waals surface area contributed by atoms with Crippen LogP contribution in [0.15, 0.2) is 29.8 Å². The van der Waals surface area contributed by atoms with E-state index in [2.05, 4.69) is 26.9 Å². The van der Waals surface area contributed by atoms with Gasteiger partial charge in [-0.15, -0.1) is 11.3 Å². The van der Waals surface area contributed by atoms with Crippen molar-refractivity contribution in [3.05, 3.63) is 35.3 Å². The van der Waals surface area contributed by atoms with Crippen molar-refractivity contribution in [3.8, 4) is 11.5 Å². The Hall–Kier alpha value is -1.83. The minimum atomic E-state index is -0.448. The predicted octanol–water partition coefficient (Wildman–Crippen LogP) is 3.40. The molecular formula is C23H31N3O3S. The molecule has 5 rings (SSSR count). The molecule has 1 saturated carbocycles. The van der Waals surface area contributed by atoms with Gasteiger partial charge >= 0.3 is 0 Å². The van der Waals surface area contributed by atoms with Crippen molar-refractivity contribution in [2.75, 3.05) is 38.2 Å². The second-order valence-electron chi connectivity index (χ2n) is 8.90. The van der Waals surface area contributed by atoms with Crippen molar-refractivity contribution < 1.29 is 14.6 Å². The van der Waals surface area contributed by atoms with Gasteiger partial charge in [0.05, 0.1) is 13.2 Å². The number of thiazole rings is 1. The number of nitrogens with zero attached hydrogens (tertiary/aromatic N) is 3. The van der Waals surface area contributed by atoms with Gasteiger partial charge in [-0.05, 0) is 68.3 Å². The van der Waals surface area contributed by atoms with Crippen LogP contribution in [0.25, 0.3) is 0 Å². The lowest BCUT2D eigenvalue weighted by molar-refractivity contribution is -0.0240. The highest BCUT2D eigenvalue weighted by atomic mass is 32.1. The van der Waals surface area contributed by atoms with E-state index in [1.807, 2.05) is 17.6 Å². The standard InChI is InChI=1S/C23H31N3O3S/c1-28-22-10-16(13-25-7-2-3-8-25)4-5-20(22)29-21-12-18-15-26(23-24-6-9-30-23)14-17(18)11-19(21)27/h4-6,9-10,17-19,21,27H,2-3,7-8,11-15H2,1H3/t17-,18+,19+,21+/m0/s1.